The number of nitrogens with zero attached hydrogens (tertiary/aromatic N) is 1. The maximum Gasteiger partial charge on any atom is 0.345 e. The third-order valence-corrected chi connectivity index (χ3v) is 2.70. The number of carbonyl (C=O) groups is 1. The monoisotopic (exact) mass is 257 g/mol. The van der Waals surface area contributed by atoms with E-state index in [9.17, 15) is 4.79 Å². The van der Waals surface area contributed by atoms with Crippen LogP contribution in [-0.2, 0) is 0 Å². The van der Waals surface area contributed by atoms with Gasteiger partial charge in [-0.2, -0.15) is 0 Å². The minimum Gasteiger partial charge on any atom is -0.454 e. The molecule has 0 unspecified atom stereocenters. The third-order valence-electron chi connectivity index (χ3n) is 2.70. The first-order valence-electron chi connectivity index (χ1n) is 5.77. The van der Waals surface area contributed by atoms with Gasteiger partial charge in [0.15, 0.2) is 11.5 Å². The van der Waals surface area contributed by atoms with Crippen molar-refractivity contribution in [3.8, 4) is 17.2 Å². The normalized spacial score (nSPS) is 12.3. The van der Waals surface area contributed by atoms with Gasteiger partial charge in [-0.05, 0) is 31.2 Å². The van der Waals surface area contributed by atoms with Crippen molar-refractivity contribution in [3.05, 3.63) is 47.8 Å². The Bertz CT molecular complexity index is 622. The zero-order chi connectivity index (χ0) is 13.2. The van der Waals surface area contributed by atoms with Gasteiger partial charge in [0.25, 0.3) is 0 Å². The SMILES string of the molecule is Cc1ccc(C(=O)Oc2ccc3c(c2)OCO3)cn1. The Labute approximate surface area is 109 Å². The number of rotatable bonds is 2. The summed E-state index contributed by atoms with van der Waals surface area (Å²) in [5.41, 5.74) is 1.25. The Morgan fingerprint density at radius 2 is 2.05 bits per heavy atom. The predicted octanol–water partition coefficient (Wildman–Crippen LogP) is 2.34. The van der Waals surface area contributed by atoms with Gasteiger partial charge in [-0.3, -0.25) is 4.98 Å². The molecule has 5 nitrogen and oxygen atoms in total. The van der Waals surface area contributed by atoms with Gasteiger partial charge < -0.3 is 14.2 Å². The molecule has 0 amide bonds. The number of hydrogen-bond acceptors (Lipinski definition) is 5. The summed E-state index contributed by atoms with van der Waals surface area (Å²) >= 11 is 0. The molecule has 1 aromatic heterocycles. The number of ether oxygens (including phenoxy) is 3. The summed E-state index contributed by atoms with van der Waals surface area (Å²) in [5.74, 6) is 1.19. The average Bonchev–Trinajstić information content (AvgIpc) is 2.87. The summed E-state index contributed by atoms with van der Waals surface area (Å²) in [6.45, 7) is 2.04. The molecule has 0 saturated heterocycles. The van der Waals surface area contributed by atoms with E-state index in [-0.39, 0.29) is 6.79 Å². The lowest BCUT2D eigenvalue weighted by Gasteiger charge is -2.05. The van der Waals surface area contributed by atoms with Crippen LogP contribution < -0.4 is 14.2 Å². The quantitative estimate of drug-likeness (QED) is 0.610. The standard InChI is InChI=1S/C14H11NO4/c1-9-2-3-10(7-15-9)14(16)19-11-4-5-12-13(6-11)18-8-17-12/h2-7H,8H2,1H3. The van der Waals surface area contributed by atoms with Crippen LogP contribution in [0.5, 0.6) is 17.2 Å². The number of carbonyl (C=O) groups excluding carboxylic acids is 1. The summed E-state index contributed by atoms with van der Waals surface area (Å²) in [6, 6.07) is 8.43. The Morgan fingerprint density at radius 3 is 2.84 bits per heavy atom. The van der Waals surface area contributed by atoms with Crippen molar-refractivity contribution in [2.24, 2.45) is 0 Å². The van der Waals surface area contributed by atoms with E-state index in [2.05, 4.69) is 4.98 Å². The average molecular weight is 257 g/mol. The first-order chi connectivity index (χ1) is 9.22. The molecule has 0 atom stereocenters. The topological polar surface area (TPSA) is 57.7 Å². The van der Waals surface area contributed by atoms with Crippen molar-refractivity contribution in [2.75, 3.05) is 6.79 Å². The Morgan fingerprint density at radius 1 is 1.21 bits per heavy atom. The summed E-state index contributed by atoms with van der Waals surface area (Å²) in [4.78, 5) is 15.9. The first-order valence-corrected chi connectivity index (χ1v) is 5.77. The molecule has 2 heterocycles. The number of aromatic nitrogens is 1. The molecule has 0 radical (unpaired) electrons. The van der Waals surface area contributed by atoms with Crippen molar-refractivity contribution in [3.63, 3.8) is 0 Å². The van der Waals surface area contributed by atoms with Crippen molar-refractivity contribution >= 4 is 5.97 Å². The van der Waals surface area contributed by atoms with E-state index >= 15 is 0 Å². The fraction of sp³-hybridized carbons (Fsp3) is 0.143. The van der Waals surface area contributed by atoms with E-state index < -0.39 is 5.97 Å². The molecule has 2 aromatic rings. The minimum absolute atomic E-state index is 0.189. The molecule has 0 spiro atoms. The van der Waals surface area contributed by atoms with Crippen LogP contribution in [0.15, 0.2) is 36.5 Å². The van der Waals surface area contributed by atoms with Crippen LogP contribution in [-0.4, -0.2) is 17.7 Å². The molecule has 0 aliphatic carbocycles. The maximum atomic E-state index is 11.9. The maximum absolute atomic E-state index is 11.9. The lowest BCUT2D eigenvalue weighted by atomic mass is 10.2. The highest BCUT2D eigenvalue weighted by Gasteiger charge is 2.15. The molecule has 0 N–H and O–H groups in total. The van der Waals surface area contributed by atoms with Gasteiger partial charge in [-0.25, -0.2) is 4.79 Å². The lowest BCUT2D eigenvalue weighted by Crippen LogP contribution is -2.08. The largest absolute Gasteiger partial charge is 0.454 e. The molecule has 19 heavy (non-hydrogen) atoms. The molecule has 1 aliphatic heterocycles. The molecular formula is C14H11NO4. The Balaban J connectivity index is 1.77. The van der Waals surface area contributed by atoms with Gasteiger partial charge in [0, 0.05) is 18.0 Å². The fourth-order valence-electron chi connectivity index (χ4n) is 1.69. The highest BCUT2D eigenvalue weighted by Crippen LogP contribution is 2.35. The van der Waals surface area contributed by atoms with E-state index in [0.29, 0.717) is 22.8 Å². The number of esters is 1. The number of fused-ring (bicyclic) bond motifs is 1. The predicted molar refractivity (Wildman–Crippen MR) is 66.5 cm³/mol. The van der Waals surface area contributed by atoms with Crippen LogP contribution in [0.25, 0.3) is 0 Å². The van der Waals surface area contributed by atoms with Gasteiger partial charge in [0.05, 0.1) is 5.56 Å². The number of aryl methyl sites for hydroxylation is 1. The van der Waals surface area contributed by atoms with Crippen molar-refractivity contribution < 1.29 is 19.0 Å². The van der Waals surface area contributed by atoms with Gasteiger partial charge in [0.2, 0.25) is 6.79 Å². The van der Waals surface area contributed by atoms with Gasteiger partial charge in [-0.1, -0.05) is 0 Å². The molecule has 1 aromatic carbocycles. The Hall–Kier alpha value is -2.56. The summed E-state index contributed by atoms with van der Waals surface area (Å²) < 4.78 is 15.7. The third kappa shape index (κ3) is 2.35. The highest BCUT2D eigenvalue weighted by atomic mass is 16.7. The van der Waals surface area contributed by atoms with Crippen LogP contribution in [0.3, 0.4) is 0 Å². The molecule has 0 bridgehead atoms. The van der Waals surface area contributed by atoms with E-state index in [1.807, 2.05) is 6.92 Å². The van der Waals surface area contributed by atoms with Gasteiger partial charge in [0.1, 0.15) is 5.75 Å². The molecule has 5 heteroatoms. The fourth-order valence-corrected chi connectivity index (χ4v) is 1.69. The van der Waals surface area contributed by atoms with Crippen LogP contribution in [0.4, 0.5) is 0 Å². The second-order valence-corrected chi connectivity index (χ2v) is 4.09. The molecular weight excluding hydrogens is 246 g/mol. The second kappa shape index (κ2) is 4.61. The summed E-state index contributed by atoms with van der Waals surface area (Å²) in [7, 11) is 0. The first kappa shape index (κ1) is 11.5. The molecule has 0 saturated carbocycles. The number of pyridine rings is 1. The van der Waals surface area contributed by atoms with E-state index in [1.54, 1.807) is 30.3 Å². The van der Waals surface area contributed by atoms with Crippen molar-refractivity contribution in [1.82, 2.24) is 4.98 Å². The number of hydrogen-bond donors (Lipinski definition) is 0. The second-order valence-electron chi connectivity index (χ2n) is 4.09. The smallest absolute Gasteiger partial charge is 0.345 e. The van der Waals surface area contributed by atoms with Crippen molar-refractivity contribution in [1.29, 1.82) is 0 Å². The van der Waals surface area contributed by atoms with Crippen LogP contribution in [0.1, 0.15) is 16.1 Å². The van der Waals surface area contributed by atoms with Crippen LogP contribution in [0, 0.1) is 6.92 Å². The minimum atomic E-state index is -0.452. The molecule has 3 rings (SSSR count). The Kier molecular flexibility index (Phi) is 2.79. The molecule has 0 fully saturated rings. The zero-order valence-electron chi connectivity index (χ0n) is 10.3. The number of benzene rings is 1. The molecule has 1 aliphatic rings. The van der Waals surface area contributed by atoms with Crippen molar-refractivity contribution in [2.45, 2.75) is 6.92 Å². The van der Waals surface area contributed by atoms with E-state index in [1.165, 1.54) is 6.20 Å². The zero-order valence-corrected chi connectivity index (χ0v) is 10.3. The highest BCUT2D eigenvalue weighted by molar-refractivity contribution is 5.90. The summed E-state index contributed by atoms with van der Waals surface area (Å²) in [6.07, 6.45) is 1.49. The van der Waals surface area contributed by atoms with Crippen LogP contribution >= 0.6 is 0 Å². The van der Waals surface area contributed by atoms with Gasteiger partial charge in [-0.15, -0.1) is 0 Å². The van der Waals surface area contributed by atoms with E-state index in [0.717, 1.165) is 5.69 Å². The van der Waals surface area contributed by atoms with E-state index in [4.69, 9.17) is 14.2 Å². The van der Waals surface area contributed by atoms with Crippen LogP contribution in [0.2, 0.25) is 0 Å². The van der Waals surface area contributed by atoms with Gasteiger partial charge >= 0.3 is 5.97 Å². The summed E-state index contributed by atoms with van der Waals surface area (Å²) in [5, 5.41) is 0. The molecule has 96 valence electrons. The lowest BCUT2D eigenvalue weighted by molar-refractivity contribution is 0.0734.